The molecule has 9 aromatic rings. The summed E-state index contributed by atoms with van der Waals surface area (Å²) in [7, 11) is 0. The summed E-state index contributed by atoms with van der Waals surface area (Å²) >= 11 is 0. The maximum absolute atomic E-state index is 5.26. The highest BCUT2D eigenvalue weighted by molar-refractivity contribution is 6.21. The van der Waals surface area contributed by atoms with Gasteiger partial charge in [0.2, 0.25) is 0 Å². The first kappa shape index (κ1) is 27.8. The van der Waals surface area contributed by atoms with Crippen molar-refractivity contribution >= 4 is 32.3 Å². The lowest BCUT2D eigenvalue weighted by atomic mass is 9.87. The Balaban J connectivity index is 1.28. The van der Waals surface area contributed by atoms with E-state index in [2.05, 4.69) is 158 Å². The second-order valence-corrected chi connectivity index (χ2v) is 12.0. The van der Waals surface area contributed by atoms with E-state index in [-0.39, 0.29) is 0 Å². The molecule has 0 aliphatic rings. The molecule has 0 spiro atoms. The molecule has 3 heteroatoms. The molecule has 0 fully saturated rings. The van der Waals surface area contributed by atoms with Gasteiger partial charge in [0.05, 0.1) is 0 Å². The summed E-state index contributed by atoms with van der Waals surface area (Å²) in [6, 6.07) is 61.6. The number of hydrogen-bond donors (Lipinski definition) is 0. The first-order chi connectivity index (χ1) is 23.8. The molecule has 8 aromatic carbocycles. The molecule has 0 bridgehead atoms. The standard InChI is InChI=1S/C45H29N3/c1-3-14-32(15-4-1)41-39-21-11-9-19-37(39)38-20-10-12-22-40(38)42(41)45-47-43(33-16-5-2-6-17-33)46-44(48-45)34-26-23-31(24-27-34)36-28-25-30-13-7-8-18-35(30)29-36/h1-29H. The Labute approximate surface area is 278 Å². The van der Waals surface area contributed by atoms with Gasteiger partial charge < -0.3 is 0 Å². The molecule has 1 aromatic heterocycles. The van der Waals surface area contributed by atoms with Gasteiger partial charge in [0, 0.05) is 22.3 Å². The first-order valence-electron chi connectivity index (χ1n) is 16.2. The van der Waals surface area contributed by atoms with E-state index in [1.54, 1.807) is 0 Å². The van der Waals surface area contributed by atoms with Crippen molar-refractivity contribution in [3.8, 4) is 56.4 Å². The van der Waals surface area contributed by atoms with Gasteiger partial charge in [-0.2, -0.15) is 0 Å². The summed E-state index contributed by atoms with van der Waals surface area (Å²) in [4.78, 5) is 15.5. The number of rotatable bonds is 5. The fourth-order valence-electron chi connectivity index (χ4n) is 6.79. The van der Waals surface area contributed by atoms with E-state index in [1.165, 1.54) is 32.5 Å². The Morgan fingerprint density at radius 1 is 0.250 bits per heavy atom. The fourth-order valence-corrected chi connectivity index (χ4v) is 6.79. The van der Waals surface area contributed by atoms with Crippen LogP contribution in [-0.2, 0) is 0 Å². The normalized spacial score (nSPS) is 11.3. The van der Waals surface area contributed by atoms with Crippen LogP contribution in [0.1, 0.15) is 0 Å². The molecule has 0 aliphatic carbocycles. The summed E-state index contributed by atoms with van der Waals surface area (Å²) in [5.41, 5.74) is 7.45. The lowest BCUT2D eigenvalue weighted by molar-refractivity contribution is 1.08. The Hall–Kier alpha value is -6.45. The van der Waals surface area contributed by atoms with Crippen LogP contribution < -0.4 is 0 Å². The van der Waals surface area contributed by atoms with Gasteiger partial charge in [-0.3, -0.25) is 0 Å². The van der Waals surface area contributed by atoms with E-state index in [0.717, 1.165) is 38.8 Å². The molecule has 0 N–H and O–H groups in total. The third kappa shape index (κ3) is 4.90. The van der Waals surface area contributed by atoms with Crippen molar-refractivity contribution in [1.82, 2.24) is 15.0 Å². The molecule has 0 saturated carbocycles. The molecule has 9 rings (SSSR count). The van der Waals surface area contributed by atoms with Crippen molar-refractivity contribution in [3.05, 3.63) is 176 Å². The Kier molecular flexibility index (Phi) is 6.80. The van der Waals surface area contributed by atoms with Crippen LogP contribution in [0.4, 0.5) is 0 Å². The highest BCUT2D eigenvalue weighted by atomic mass is 15.0. The smallest absolute Gasteiger partial charge is 0.165 e. The minimum Gasteiger partial charge on any atom is -0.208 e. The molecule has 0 saturated heterocycles. The summed E-state index contributed by atoms with van der Waals surface area (Å²) in [6.45, 7) is 0. The minimum absolute atomic E-state index is 0.639. The number of hydrogen-bond acceptors (Lipinski definition) is 3. The average molecular weight is 612 g/mol. The highest BCUT2D eigenvalue weighted by Crippen LogP contribution is 2.44. The Morgan fingerprint density at radius 2 is 0.688 bits per heavy atom. The van der Waals surface area contributed by atoms with Gasteiger partial charge in [-0.15, -0.1) is 0 Å². The quantitative estimate of drug-likeness (QED) is 0.182. The maximum atomic E-state index is 5.26. The summed E-state index contributed by atoms with van der Waals surface area (Å²) in [5.74, 6) is 1.93. The Bertz CT molecular complexity index is 2590. The predicted octanol–water partition coefficient (Wildman–Crippen LogP) is 11.7. The molecule has 0 atom stereocenters. The van der Waals surface area contributed by atoms with Crippen LogP contribution in [0.15, 0.2) is 176 Å². The first-order valence-corrected chi connectivity index (χ1v) is 16.2. The second kappa shape index (κ2) is 11.7. The van der Waals surface area contributed by atoms with Gasteiger partial charge in [-0.1, -0.05) is 170 Å². The van der Waals surface area contributed by atoms with Crippen LogP contribution in [0.2, 0.25) is 0 Å². The van der Waals surface area contributed by atoms with Crippen LogP contribution in [0.25, 0.3) is 88.7 Å². The van der Waals surface area contributed by atoms with Gasteiger partial charge in [0.25, 0.3) is 0 Å². The van der Waals surface area contributed by atoms with Crippen LogP contribution in [-0.4, -0.2) is 15.0 Å². The van der Waals surface area contributed by atoms with Gasteiger partial charge >= 0.3 is 0 Å². The predicted molar refractivity (Wildman–Crippen MR) is 200 cm³/mol. The average Bonchev–Trinajstić information content (AvgIpc) is 3.17. The molecule has 48 heavy (non-hydrogen) atoms. The van der Waals surface area contributed by atoms with E-state index < -0.39 is 0 Å². The maximum Gasteiger partial charge on any atom is 0.165 e. The minimum atomic E-state index is 0.639. The summed E-state index contributed by atoms with van der Waals surface area (Å²) < 4.78 is 0. The van der Waals surface area contributed by atoms with Crippen LogP contribution in [0, 0.1) is 0 Å². The van der Waals surface area contributed by atoms with Gasteiger partial charge in [-0.05, 0) is 55.1 Å². The van der Waals surface area contributed by atoms with Crippen molar-refractivity contribution in [2.24, 2.45) is 0 Å². The fraction of sp³-hybridized carbons (Fsp3) is 0. The molecule has 224 valence electrons. The topological polar surface area (TPSA) is 38.7 Å². The van der Waals surface area contributed by atoms with Crippen LogP contribution in [0.5, 0.6) is 0 Å². The molecule has 0 unspecified atom stereocenters. The van der Waals surface area contributed by atoms with Crippen molar-refractivity contribution in [2.45, 2.75) is 0 Å². The second-order valence-electron chi connectivity index (χ2n) is 12.0. The third-order valence-electron chi connectivity index (χ3n) is 9.11. The van der Waals surface area contributed by atoms with Gasteiger partial charge in [0.1, 0.15) is 0 Å². The molecular weight excluding hydrogens is 583 g/mol. The van der Waals surface area contributed by atoms with E-state index in [0.29, 0.717) is 17.5 Å². The van der Waals surface area contributed by atoms with Crippen molar-refractivity contribution in [2.75, 3.05) is 0 Å². The van der Waals surface area contributed by atoms with Crippen LogP contribution in [0.3, 0.4) is 0 Å². The van der Waals surface area contributed by atoms with Gasteiger partial charge in [0.15, 0.2) is 17.5 Å². The molecule has 0 radical (unpaired) electrons. The van der Waals surface area contributed by atoms with E-state index in [4.69, 9.17) is 15.0 Å². The zero-order valence-corrected chi connectivity index (χ0v) is 26.1. The lowest BCUT2D eigenvalue weighted by Crippen LogP contribution is -2.02. The van der Waals surface area contributed by atoms with Crippen molar-refractivity contribution in [3.63, 3.8) is 0 Å². The zero-order valence-electron chi connectivity index (χ0n) is 26.1. The van der Waals surface area contributed by atoms with Crippen LogP contribution >= 0.6 is 0 Å². The SMILES string of the molecule is c1ccc(-c2nc(-c3ccc(-c4ccc5ccccc5c4)cc3)nc(-c3c(-c4ccccc4)c4ccccc4c4ccccc34)n2)cc1. The van der Waals surface area contributed by atoms with Crippen molar-refractivity contribution < 1.29 is 0 Å². The largest absolute Gasteiger partial charge is 0.208 e. The number of benzene rings is 8. The van der Waals surface area contributed by atoms with E-state index in [1.807, 2.05) is 18.2 Å². The van der Waals surface area contributed by atoms with E-state index in [9.17, 15) is 0 Å². The van der Waals surface area contributed by atoms with Crippen molar-refractivity contribution in [1.29, 1.82) is 0 Å². The third-order valence-corrected chi connectivity index (χ3v) is 9.11. The summed E-state index contributed by atoms with van der Waals surface area (Å²) in [6.07, 6.45) is 0. The number of aromatic nitrogens is 3. The molecular formula is C45H29N3. The number of nitrogens with zero attached hydrogens (tertiary/aromatic N) is 3. The monoisotopic (exact) mass is 611 g/mol. The lowest BCUT2D eigenvalue weighted by Gasteiger charge is -2.18. The van der Waals surface area contributed by atoms with E-state index >= 15 is 0 Å². The van der Waals surface area contributed by atoms with Gasteiger partial charge in [-0.25, -0.2) is 15.0 Å². The Morgan fingerprint density at radius 3 is 1.33 bits per heavy atom. The molecule has 0 aliphatic heterocycles. The zero-order chi connectivity index (χ0) is 31.9. The molecule has 1 heterocycles. The molecule has 3 nitrogen and oxygen atoms in total. The molecule has 0 amide bonds. The number of fused-ring (bicyclic) bond motifs is 4. The summed E-state index contributed by atoms with van der Waals surface area (Å²) in [5, 5.41) is 7.12. The highest BCUT2D eigenvalue weighted by Gasteiger charge is 2.21.